The molecule has 1 aliphatic carbocycles. The van der Waals surface area contributed by atoms with Crippen LogP contribution in [0, 0.1) is 0 Å². The molecule has 0 atom stereocenters. The summed E-state index contributed by atoms with van der Waals surface area (Å²) in [5.74, 6) is 0. The fourth-order valence-corrected chi connectivity index (χ4v) is 1.97. The summed E-state index contributed by atoms with van der Waals surface area (Å²) in [6.45, 7) is 4.89. The first-order valence-corrected chi connectivity index (χ1v) is 6.35. The van der Waals surface area contributed by atoms with Gasteiger partial charge in [-0.3, -0.25) is 4.90 Å². The topological polar surface area (TPSA) is 37.6 Å². The molecule has 0 saturated heterocycles. The second-order valence-electron chi connectivity index (χ2n) is 4.57. The van der Waals surface area contributed by atoms with E-state index in [1.807, 2.05) is 6.07 Å². The molecule has 0 spiro atoms. The van der Waals surface area contributed by atoms with Crippen molar-refractivity contribution in [1.82, 2.24) is 10.2 Å². The molecule has 4 nitrogen and oxygen atoms in total. The van der Waals surface area contributed by atoms with Gasteiger partial charge in [-0.1, -0.05) is 0 Å². The number of furan rings is 1. The lowest BCUT2D eigenvalue weighted by molar-refractivity contribution is 0.144. The van der Waals surface area contributed by atoms with Crippen molar-refractivity contribution in [2.75, 3.05) is 33.4 Å². The number of rotatable bonds is 9. The molecule has 1 saturated carbocycles. The highest BCUT2D eigenvalue weighted by Crippen LogP contribution is 2.25. The largest absolute Gasteiger partial charge is 0.472 e. The molecular weight excluding hydrogens is 216 g/mol. The minimum atomic E-state index is 0.806. The molecule has 0 bridgehead atoms. The van der Waals surface area contributed by atoms with Gasteiger partial charge in [-0.05, 0) is 18.9 Å². The van der Waals surface area contributed by atoms with Crippen LogP contribution in [0.4, 0.5) is 0 Å². The molecular formula is C13H22N2O2. The van der Waals surface area contributed by atoms with Crippen molar-refractivity contribution in [1.29, 1.82) is 0 Å². The molecule has 0 amide bonds. The Hall–Kier alpha value is -0.840. The normalized spacial score (nSPS) is 15.6. The Labute approximate surface area is 103 Å². The van der Waals surface area contributed by atoms with Crippen LogP contribution in [0.25, 0.3) is 0 Å². The number of ether oxygens (including phenoxy) is 1. The standard InChI is InChI=1S/C13H22N2O2/c1-16-9-7-15(13-2-3-13)6-5-14-10-12-4-8-17-11-12/h4,8,11,13-14H,2-3,5-7,9-10H2,1H3. The molecule has 0 unspecified atom stereocenters. The average Bonchev–Trinajstić information content (AvgIpc) is 3.05. The quantitative estimate of drug-likeness (QED) is 0.661. The number of hydrogen-bond donors (Lipinski definition) is 1. The Balaban J connectivity index is 1.58. The average molecular weight is 238 g/mol. The lowest BCUT2D eigenvalue weighted by Crippen LogP contribution is -2.35. The van der Waals surface area contributed by atoms with E-state index in [1.165, 1.54) is 18.4 Å². The zero-order chi connectivity index (χ0) is 11.9. The molecule has 1 aromatic rings. The molecule has 0 radical (unpaired) electrons. The molecule has 0 aromatic carbocycles. The van der Waals surface area contributed by atoms with Gasteiger partial charge in [-0.15, -0.1) is 0 Å². The van der Waals surface area contributed by atoms with Gasteiger partial charge in [0.25, 0.3) is 0 Å². The van der Waals surface area contributed by atoms with Crippen LogP contribution in [-0.4, -0.2) is 44.3 Å². The first kappa shape index (κ1) is 12.6. The van der Waals surface area contributed by atoms with Crippen LogP contribution in [0.2, 0.25) is 0 Å². The fourth-order valence-electron chi connectivity index (χ4n) is 1.97. The van der Waals surface area contributed by atoms with Crippen molar-refractivity contribution in [3.05, 3.63) is 24.2 Å². The summed E-state index contributed by atoms with van der Waals surface area (Å²) in [6, 6.07) is 2.80. The summed E-state index contributed by atoms with van der Waals surface area (Å²) < 4.78 is 10.2. The molecule has 0 aliphatic heterocycles. The Morgan fingerprint density at radius 3 is 3.00 bits per heavy atom. The zero-order valence-electron chi connectivity index (χ0n) is 10.5. The van der Waals surface area contributed by atoms with Gasteiger partial charge in [-0.25, -0.2) is 0 Å². The number of nitrogens with one attached hydrogen (secondary N) is 1. The van der Waals surface area contributed by atoms with E-state index in [9.17, 15) is 0 Å². The Kier molecular flexibility index (Phi) is 5.04. The van der Waals surface area contributed by atoms with Crippen molar-refractivity contribution < 1.29 is 9.15 Å². The molecule has 96 valence electrons. The van der Waals surface area contributed by atoms with Gasteiger partial charge in [-0.2, -0.15) is 0 Å². The Bertz CT molecular complexity index is 296. The van der Waals surface area contributed by atoms with Gasteiger partial charge >= 0.3 is 0 Å². The van der Waals surface area contributed by atoms with Gasteiger partial charge in [0.1, 0.15) is 0 Å². The maximum atomic E-state index is 5.14. The third-order valence-electron chi connectivity index (χ3n) is 3.13. The highest BCUT2D eigenvalue weighted by Gasteiger charge is 2.27. The summed E-state index contributed by atoms with van der Waals surface area (Å²) >= 11 is 0. The maximum Gasteiger partial charge on any atom is 0.0947 e. The van der Waals surface area contributed by atoms with E-state index in [-0.39, 0.29) is 0 Å². The van der Waals surface area contributed by atoms with Crippen molar-refractivity contribution >= 4 is 0 Å². The highest BCUT2D eigenvalue weighted by molar-refractivity contribution is 5.04. The predicted octanol–water partition coefficient (Wildman–Crippen LogP) is 1.48. The van der Waals surface area contributed by atoms with Crippen LogP contribution in [0.15, 0.2) is 23.0 Å². The lowest BCUT2D eigenvalue weighted by Gasteiger charge is -2.21. The minimum absolute atomic E-state index is 0.806. The van der Waals surface area contributed by atoms with E-state index in [1.54, 1.807) is 19.6 Å². The Morgan fingerprint density at radius 2 is 2.35 bits per heavy atom. The summed E-state index contributed by atoms with van der Waals surface area (Å²) in [6.07, 6.45) is 6.21. The fraction of sp³-hybridized carbons (Fsp3) is 0.692. The highest BCUT2D eigenvalue weighted by atomic mass is 16.5. The van der Waals surface area contributed by atoms with Gasteiger partial charge in [0.2, 0.25) is 0 Å². The molecule has 1 aliphatic rings. The first-order chi connectivity index (χ1) is 8.40. The van der Waals surface area contributed by atoms with Crippen LogP contribution in [-0.2, 0) is 11.3 Å². The Morgan fingerprint density at radius 1 is 1.47 bits per heavy atom. The number of nitrogens with zero attached hydrogens (tertiary/aromatic N) is 1. The van der Waals surface area contributed by atoms with Crippen LogP contribution < -0.4 is 5.32 Å². The predicted molar refractivity (Wildman–Crippen MR) is 66.9 cm³/mol. The van der Waals surface area contributed by atoms with Crippen molar-refractivity contribution in [3.8, 4) is 0 Å². The van der Waals surface area contributed by atoms with E-state index >= 15 is 0 Å². The third kappa shape index (κ3) is 4.50. The molecule has 4 heteroatoms. The maximum absolute atomic E-state index is 5.14. The molecule has 2 rings (SSSR count). The van der Waals surface area contributed by atoms with Crippen LogP contribution in [0.5, 0.6) is 0 Å². The summed E-state index contributed by atoms with van der Waals surface area (Å²) in [4.78, 5) is 2.52. The molecule has 1 fully saturated rings. The van der Waals surface area contributed by atoms with E-state index < -0.39 is 0 Å². The van der Waals surface area contributed by atoms with Crippen molar-refractivity contribution in [2.24, 2.45) is 0 Å². The van der Waals surface area contributed by atoms with E-state index in [0.29, 0.717) is 0 Å². The molecule has 1 aromatic heterocycles. The van der Waals surface area contributed by atoms with Gasteiger partial charge < -0.3 is 14.5 Å². The smallest absolute Gasteiger partial charge is 0.0947 e. The summed E-state index contributed by atoms with van der Waals surface area (Å²) in [5.41, 5.74) is 1.21. The SMILES string of the molecule is COCCN(CCNCc1ccoc1)C1CC1. The van der Waals surface area contributed by atoms with Crippen molar-refractivity contribution in [3.63, 3.8) is 0 Å². The second kappa shape index (κ2) is 6.79. The number of hydrogen-bond acceptors (Lipinski definition) is 4. The second-order valence-corrected chi connectivity index (χ2v) is 4.57. The first-order valence-electron chi connectivity index (χ1n) is 6.35. The minimum Gasteiger partial charge on any atom is -0.472 e. The lowest BCUT2D eigenvalue weighted by atomic mass is 10.3. The van der Waals surface area contributed by atoms with E-state index in [0.717, 1.165) is 38.8 Å². The molecule has 1 N–H and O–H groups in total. The van der Waals surface area contributed by atoms with Crippen LogP contribution in [0.1, 0.15) is 18.4 Å². The molecule has 1 heterocycles. The van der Waals surface area contributed by atoms with Gasteiger partial charge in [0, 0.05) is 44.9 Å². The van der Waals surface area contributed by atoms with Crippen LogP contribution in [0.3, 0.4) is 0 Å². The monoisotopic (exact) mass is 238 g/mol. The van der Waals surface area contributed by atoms with Gasteiger partial charge in [0.05, 0.1) is 19.1 Å². The third-order valence-corrected chi connectivity index (χ3v) is 3.13. The van der Waals surface area contributed by atoms with E-state index in [4.69, 9.17) is 9.15 Å². The number of methoxy groups -OCH3 is 1. The van der Waals surface area contributed by atoms with Crippen LogP contribution >= 0.6 is 0 Å². The van der Waals surface area contributed by atoms with Gasteiger partial charge in [0.15, 0.2) is 0 Å². The zero-order valence-corrected chi connectivity index (χ0v) is 10.5. The van der Waals surface area contributed by atoms with Crippen molar-refractivity contribution in [2.45, 2.75) is 25.4 Å². The molecule has 17 heavy (non-hydrogen) atoms. The van der Waals surface area contributed by atoms with E-state index in [2.05, 4.69) is 10.2 Å². The summed E-state index contributed by atoms with van der Waals surface area (Å²) in [5, 5.41) is 3.43. The summed E-state index contributed by atoms with van der Waals surface area (Å²) in [7, 11) is 1.77.